The van der Waals surface area contributed by atoms with Gasteiger partial charge in [-0.3, -0.25) is 0 Å². The van der Waals surface area contributed by atoms with E-state index in [1.807, 2.05) is 12.1 Å². The fraction of sp³-hybridized carbons (Fsp3) is 0.524. The first-order chi connectivity index (χ1) is 14.4. The molecule has 0 spiro atoms. The Balaban J connectivity index is 1.42. The van der Waals surface area contributed by atoms with Crippen molar-refractivity contribution in [3.63, 3.8) is 0 Å². The molecule has 7 nitrogen and oxygen atoms in total. The van der Waals surface area contributed by atoms with Crippen LogP contribution in [0.15, 0.2) is 35.2 Å². The van der Waals surface area contributed by atoms with Crippen molar-refractivity contribution in [2.24, 2.45) is 0 Å². The smallest absolute Gasteiger partial charge is 0.243 e. The number of aromatic nitrogens is 2. The van der Waals surface area contributed by atoms with Gasteiger partial charge in [0.1, 0.15) is 5.82 Å². The standard InChI is InChI=1S/C21H28FN5O2S/c1-16-15-18(22)6-7-19(16)30(28,29)26-13-11-25(12-14-26)20-8-9-21(24-23-20)27-10-4-3-5-17(27)2/h6-9,15,17H,3-5,10-14H2,1-2H3. The van der Waals surface area contributed by atoms with Crippen molar-refractivity contribution < 1.29 is 12.8 Å². The van der Waals surface area contributed by atoms with Gasteiger partial charge < -0.3 is 9.80 Å². The molecule has 162 valence electrons. The Morgan fingerprint density at radius 3 is 2.30 bits per heavy atom. The lowest BCUT2D eigenvalue weighted by molar-refractivity contribution is 0.383. The molecule has 9 heteroatoms. The largest absolute Gasteiger partial charge is 0.352 e. The summed E-state index contributed by atoms with van der Waals surface area (Å²) in [6, 6.07) is 8.24. The molecular weight excluding hydrogens is 405 g/mol. The Labute approximate surface area is 177 Å². The molecule has 0 amide bonds. The number of benzene rings is 1. The molecule has 2 aliphatic heterocycles. The lowest BCUT2D eigenvalue weighted by Gasteiger charge is -2.36. The van der Waals surface area contributed by atoms with Gasteiger partial charge in [-0.1, -0.05) is 0 Å². The van der Waals surface area contributed by atoms with Crippen LogP contribution in [0.3, 0.4) is 0 Å². The van der Waals surface area contributed by atoms with Crippen LogP contribution in [0.5, 0.6) is 0 Å². The second-order valence-corrected chi connectivity index (χ2v) is 10.00. The normalized spacial score (nSPS) is 21.1. The number of hydrogen-bond donors (Lipinski definition) is 0. The molecule has 0 bridgehead atoms. The molecule has 2 aliphatic rings. The molecule has 4 rings (SSSR count). The second kappa shape index (κ2) is 8.47. The van der Waals surface area contributed by atoms with Crippen molar-refractivity contribution in [2.45, 2.75) is 44.0 Å². The Hall–Kier alpha value is -2.26. The molecule has 1 unspecified atom stereocenters. The molecule has 1 aromatic carbocycles. The number of hydrogen-bond acceptors (Lipinski definition) is 6. The molecule has 0 N–H and O–H groups in total. The van der Waals surface area contributed by atoms with E-state index in [1.165, 1.54) is 41.8 Å². The summed E-state index contributed by atoms with van der Waals surface area (Å²) in [7, 11) is -3.65. The number of halogens is 1. The molecular formula is C21H28FN5O2S. The van der Waals surface area contributed by atoms with Gasteiger partial charge in [-0.15, -0.1) is 10.2 Å². The average molecular weight is 434 g/mol. The molecule has 3 heterocycles. The minimum absolute atomic E-state index is 0.164. The molecule has 2 aromatic rings. The average Bonchev–Trinajstić information content (AvgIpc) is 2.74. The fourth-order valence-electron chi connectivity index (χ4n) is 4.28. The minimum atomic E-state index is -3.65. The summed E-state index contributed by atoms with van der Waals surface area (Å²) < 4.78 is 40.7. The van der Waals surface area contributed by atoms with E-state index in [0.717, 1.165) is 18.2 Å². The van der Waals surface area contributed by atoms with Crippen molar-refractivity contribution in [2.75, 3.05) is 42.5 Å². The first-order valence-corrected chi connectivity index (χ1v) is 11.9. The molecule has 2 saturated heterocycles. The Kier molecular flexibility index (Phi) is 5.92. The van der Waals surface area contributed by atoms with Crippen LogP contribution in [0, 0.1) is 12.7 Å². The Morgan fingerprint density at radius 1 is 0.967 bits per heavy atom. The summed E-state index contributed by atoms with van der Waals surface area (Å²) in [5.74, 6) is 1.23. The number of piperazine rings is 1. The van der Waals surface area contributed by atoms with E-state index in [9.17, 15) is 12.8 Å². The van der Waals surface area contributed by atoms with E-state index in [2.05, 4.69) is 26.9 Å². The third-order valence-corrected chi connectivity index (χ3v) is 8.11. The van der Waals surface area contributed by atoms with E-state index in [1.54, 1.807) is 6.92 Å². The summed E-state index contributed by atoms with van der Waals surface area (Å²) in [4.78, 5) is 4.52. The van der Waals surface area contributed by atoms with Gasteiger partial charge in [0.2, 0.25) is 10.0 Å². The van der Waals surface area contributed by atoms with Gasteiger partial charge in [-0.2, -0.15) is 4.31 Å². The van der Waals surface area contributed by atoms with Crippen LogP contribution in [-0.4, -0.2) is 61.7 Å². The van der Waals surface area contributed by atoms with Crippen molar-refractivity contribution in [3.05, 3.63) is 41.7 Å². The van der Waals surface area contributed by atoms with E-state index in [0.29, 0.717) is 37.8 Å². The number of piperidine rings is 1. The van der Waals surface area contributed by atoms with E-state index >= 15 is 0 Å². The van der Waals surface area contributed by atoms with Gasteiger partial charge in [0.25, 0.3) is 0 Å². The molecule has 0 radical (unpaired) electrons. The topological polar surface area (TPSA) is 69.6 Å². The van der Waals surface area contributed by atoms with Crippen molar-refractivity contribution in [1.82, 2.24) is 14.5 Å². The highest BCUT2D eigenvalue weighted by molar-refractivity contribution is 7.89. The van der Waals surface area contributed by atoms with Gasteiger partial charge in [0, 0.05) is 38.8 Å². The monoisotopic (exact) mass is 433 g/mol. The molecule has 1 aromatic heterocycles. The van der Waals surface area contributed by atoms with Gasteiger partial charge in [0.15, 0.2) is 11.6 Å². The number of anilines is 2. The molecule has 0 saturated carbocycles. The van der Waals surface area contributed by atoms with Crippen molar-refractivity contribution in [1.29, 1.82) is 0 Å². The van der Waals surface area contributed by atoms with Crippen LogP contribution >= 0.6 is 0 Å². The number of aryl methyl sites for hydroxylation is 1. The SMILES string of the molecule is Cc1cc(F)ccc1S(=O)(=O)N1CCN(c2ccc(N3CCCCC3C)nn2)CC1. The third-order valence-electron chi connectivity index (χ3n) is 6.05. The van der Waals surface area contributed by atoms with Crippen LogP contribution in [0.4, 0.5) is 16.0 Å². The van der Waals surface area contributed by atoms with Crippen LogP contribution in [0.1, 0.15) is 31.7 Å². The number of sulfonamides is 1. The lowest BCUT2D eigenvalue weighted by atomic mass is 10.0. The van der Waals surface area contributed by atoms with Gasteiger partial charge in [0.05, 0.1) is 4.90 Å². The number of nitrogens with zero attached hydrogens (tertiary/aromatic N) is 5. The van der Waals surface area contributed by atoms with Gasteiger partial charge in [-0.05, 0) is 69.0 Å². The molecule has 0 aliphatic carbocycles. The van der Waals surface area contributed by atoms with Crippen molar-refractivity contribution >= 4 is 21.7 Å². The summed E-state index contributed by atoms with van der Waals surface area (Å²) in [6.07, 6.45) is 3.61. The maximum atomic E-state index is 13.4. The Morgan fingerprint density at radius 2 is 1.67 bits per heavy atom. The zero-order chi connectivity index (χ0) is 21.3. The lowest BCUT2D eigenvalue weighted by Crippen LogP contribution is -2.49. The summed E-state index contributed by atoms with van der Waals surface area (Å²) in [6.45, 7) is 6.62. The van der Waals surface area contributed by atoms with Crippen LogP contribution in [0.2, 0.25) is 0 Å². The quantitative estimate of drug-likeness (QED) is 0.739. The predicted molar refractivity (Wildman–Crippen MR) is 115 cm³/mol. The first kappa shape index (κ1) is 21.0. The molecule has 1 atom stereocenters. The third kappa shape index (κ3) is 4.13. The predicted octanol–water partition coefficient (Wildman–Crippen LogP) is 2.81. The zero-order valence-electron chi connectivity index (χ0n) is 17.5. The van der Waals surface area contributed by atoms with E-state index < -0.39 is 15.8 Å². The summed E-state index contributed by atoms with van der Waals surface area (Å²) in [5, 5.41) is 8.84. The maximum absolute atomic E-state index is 13.4. The van der Waals surface area contributed by atoms with E-state index in [4.69, 9.17) is 0 Å². The summed E-state index contributed by atoms with van der Waals surface area (Å²) in [5.41, 5.74) is 0.422. The van der Waals surface area contributed by atoms with Crippen LogP contribution in [0.25, 0.3) is 0 Å². The fourth-order valence-corrected chi connectivity index (χ4v) is 5.91. The second-order valence-electron chi connectivity index (χ2n) is 8.09. The highest BCUT2D eigenvalue weighted by atomic mass is 32.2. The zero-order valence-corrected chi connectivity index (χ0v) is 18.3. The van der Waals surface area contributed by atoms with E-state index in [-0.39, 0.29) is 4.90 Å². The Bertz CT molecular complexity index is 991. The van der Waals surface area contributed by atoms with Crippen molar-refractivity contribution in [3.8, 4) is 0 Å². The summed E-state index contributed by atoms with van der Waals surface area (Å²) >= 11 is 0. The first-order valence-electron chi connectivity index (χ1n) is 10.5. The highest BCUT2D eigenvalue weighted by Crippen LogP contribution is 2.25. The van der Waals surface area contributed by atoms with Gasteiger partial charge in [-0.25, -0.2) is 12.8 Å². The van der Waals surface area contributed by atoms with Crippen LogP contribution < -0.4 is 9.80 Å². The van der Waals surface area contributed by atoms with Crippen LogP contribution in [-0.2, 0) is 10.0 Å². The molecule has 2 fully saturated rings. The number of rotatable bonds is 4. The van der Waals surface area contributed by atoms with Gasteiger partial charge >= 0.3 is 0 Å². The highest BCUT2D eigenvalue weighted by Gasteiger charge is 2.30. The minimum Gasteiger partial charge on any atom is -0.352 e. The maximum Gasteiger partial charge on any atom is 0.243 e. The molecule has 30 heavy (non-hydrogen) atoms.